The number of carbonyl (C=O) groups excluding carboxylic acids is 1. The second-order valence-electron chi connectivity index (χ2n) is 4.63. The number of fused-ring (bicyclic) bond motifs is 1. The molecule has 1 aliphatic carbocycles. The van der Waals surface area contributed by atoms with E-state index in [1.807, 2.05) is 24.3 Å². The minimum absolute atomic E-state index is 0.171. The molecule has 4 heteroatoms. The Hall–Kier alpha value is -2.28. The van der Waals surface area contributed by atoms with Crippen molar-refractivity contribution in [2.45, 2.75) is 19.4 Å². The Labute approximate surface area is 104 Å². The standard InChI is InChI=1S/C14H12N2O2/c15-9-14(5-6-14)13(17)16-7-10-8-18-12-4-2-1-3-11(10)12/h1-4,8H,5-7H2,(H,16,17). The average Bonchev–Trinajstić information content (AvgIpc) is 3.11. The highest BCUT2D eigenvalue weighted by molar-refractivity contribution is 5.88. The molecule has 0 unspecified atom stereocenters. The van der Waals surface area contributed by atoms with E-state index in [2.05, 4.69) is 11.4 Å². The molecule has 0 aliphatic heterocycles. The molecule has 18 heavy (non-hydrogen) atoms. The molecule has 4 nitrogen and oxygen atoms in total. The van der Waals surface area contributed by atoms with E-state index in [1.54, 1.807) is 6.26 Å². The fourth-order valence-electron chi connectivity index (χ4n) is 2.03. The maximum Gasteiger partial charge on any atom is 0.240 e. The van der Waals surface area contributed by atoms with Crippen LogP contribution in [0.25, 0.3) is 11.0 Å². The lowest BCUT2D eigenvalue weighted by atomic mass is 10.1. The van der Waals surface area contributed by atoms with E-state index in [0.717, 1.165) is 16.5 Å². The molecule has 1 N–H and O–H groups in total. The van der Waals surface area contributed by atoms with Crippen LogP contribution in [-0.2, 0) is 11.3 Å². The first-order valence-electron chi connectivity index (χ1n) is 5.90. The van der Waals surface area contributed by atoms with Crippen molar-refractivity contribution < 1.29 is 9.21 Å². The van der Waals surface area contributed by atoms with E-state index in [4.69, 9.17) is 9.68 Å². The highest BCUT2D eigenvalue weighted by Crippen LogP contribution is 2.45. The summed E-state index contributed by atoms with van der Waals surface area (Å²) in [6.45, 7) is 0.402. The Morgan fingerprint density at radius 1 is 1.44 bits per heavy atom. The van der Waals surface area contributed by atoms with Crippen molar-refractivity contribution in [3.63, 3.8) is 0 Å². The van der Waals surface area contributed by atoms with E-state index in [1.165, 1.54) is 0 Å². The Balaban J connectivity index is 1.74. The van der Waals surface area contributed by atoms with Gasteiger partial charge in [-0.1, -0.05) is 18.2 Å². The summed E-state index contributed by atoms with van der Waals surface area (Å²) in [5, 5.41) is 12.7. The van der Waals surface area contributed by atoms with Crippen molar-refractivity contribution in [2.24, 2.45) is 5.41 Å². The molecular weight excluding hydrogens is 228 g/mol. The van der Waals surface area contributed by atoms with Gasteiger partial charge in [-0.3, -0.25) is 4.79 Å². The molecule has 1 fully saturated rings. The minimum atomic E-state index is -0.764. The number of para-hydroxylation sites is 1. The predicted molar refractivity (Wildman–Crippen MR) is 65.3 cm³/mol. The maximum atomic E-state index is 11.8. The van der Waals surface area contributed by atoms with Crippen LogP contribution in [0.4, 0.5) is 0 Å². The number of nitrogens with one attached hydrogen (secondary N) is 1. The maximum absolute atomic E-state index is 11.8. The lowest BCUT2D eigenvalue weighted by Crippen LogP contribution is -2.30. The smallest absolute Gasteiger partial charge is 0.240 e. The van der Waals surface area contributed by atoms with Gasteiger partial charge in [-0.2, -0.15) is 5.26 Å². The number of hydrogen-bond donors (Lipinski definition) is 1. The molecule has 1 heterocycles. The fourth-order valence-corrected chi connectivity index (χ4v) is 2.03. The van der Waals surface area contributed by atoms with Gasteiger partial charge >= 0.3 is 0 Å². The van der Waals surface area contributed by atoms with Crippen molar-refractivity contribution in [3.05, 3.63) is 36.1 Å². The van der Waals surface area contributed by atoms with Crippen LogP contribution in [-0.4, -0.2) is 5.91 Å². The van der Waals surface area contributed by atoms with Crippen LogP contribution in [0.2, 0.25) is 0 Å². The minimum Gasteiger partial charge on any atom is -0.464 e. The molecule has 0 radical (unpaired) electrons. The quantitative estimate of drug-likeness (QED) is 0.895. The molecule has 1 aliphatic rings. The lowest BCUT2D eigenvalue weighted by molar-refractivity contribution is -0.124. The van der Waals surface area contributed by atoms with Gasteiger partial charge in [0.2, 0.25) is 5.91 Å². The highest BCUT2D eigenvalue weighted by atomic mass is 16.3. The Morgan fingerprint density at radius 3 is 2.94 bits per heavy atom. The molecule has 0 atom stereocenters. The third-order valence-electron chi connectivity index (χ3n) is 3.40. The average molecular weight is 240 g/mol. The summed E-state index contributed by atoms with van der Waals surface area (Å²) in [6.07, 6.45) is 2.99. The fraction of sp³-hybridized carbons (Fsp3) is 0.286. The molecule has 1 aromatic heterocycles. The van der Waals surface area contributed by atoms with Gasteiger partial charge in [0.1, 0.15) is 11.0 Å². The first-order chi connectivity index (χ1) is 8.75. The second-order valence-corrected chi connectivity index (χ2v) is 4.63. The molecule has 1 aromatic carbocycles. The first-order valence-corrected chi connectivity index (χ1v) is 5.90. The van der Waals surface area contributed by atoms with Crippen LogP contribution in [0, 0.1) is 16.7 Å². The molecule has 2 aromatic rings. The number of hydrogen-bond acceptors (Lipinski definition) is 3. The molecular formula is C14H12N2O2. The summed E-state index contributed by atoms with van der Waals surface area (Å²) >= 11 is 0. The SMILES string of the molecule is N#CC1(C(=O)NCc2coc3ccccc23)CC1. The summed E-state index contributed by atoms with van der Waals surface area (Å²) in [4.78, 5) is 11.8. The summed E-state index contributed by atoms with van der Waals surface area (Å²) in [6, 6.07) is 9.76. The Morgan fingerprint density at radius 2 is 2.22 bits per heavy atom. The normalized spacial score (nSPS) is 16.2. The zero-order valence-electron chi connectivity index (χ0n) is 9.77. The van der Waals surface area contributed by atoms with Gasteiger partial charge < -0.3 is 9.73 Å². The summed E-state index contributed by atoms with van der Waals surface area (Å²) in [5.74, 6) is -0.171. The van der Waals surface area contributed by atoms with Crippen LogP contribution in [0.15, 0.2) is 34.9 Å². The monoisotopic (exact) mass is 240 g/mol. The summed E-state index contributed by atoms with van der Waals surface area (Å²) < 4.78 is 5.39. The summed E-state index contributed by atoms with van der Waals surface area (Å²) in [7, 11) is 0. The van der Waals surface area contributed by atoms with Crippen molar-refractivity contribution in [1.82, 2.24) is 5.32 Å². The van der Waals surface area contributed by atoms with Crippen molar-refractivity contribution in [3.8, 4) is 6.07 Å². The molecule has 3 rings (SSSR count). The molecule has 1 amide bonds. The van der Waals surface area contributed by atoms with Crippen LogP contribution < -0.4 is 5.32 Å². The first kappa shape index (κ1) is 10.8. The zero-order valence-corrected chi connectivity index (χ0v) is 9.77. The van der Waals surface area contributed by atoms with Crippen LogP contribution >= 0.6 is 0 Å². The number of amides is 1. The molecule has 0 saturated heterocycles. The van der Waals surface area contributed by atoms with E-state index < -0.39 is 5.41 Å². The zero-order chi connectivity index (χ0) is 12.6. The predicted octanol–water partition coefficient (Wildman–Crippen LogP) is 2.35. The lowest BCUT2D eigenvalue weighted by Gasteiger charge is -2.06. The van der Waals surface area contributed by atoms with Gasteiger partial charge in [-0.05, 0) is 18.9 Å². The van der Waals surface area contributed by atoms with Gasteiger partial charge in [0, 0.05) is 17.5 Å². The van der Waals surface area contributed by atoms with Gasteiger partial charge in [0.25, 0.3) is 0 Å². The van der Waals surface area contributed by atoms with Crippen molar-refractivity contribution in [1.29, 1.82) is 5.26 Å². The number of nitriles is 1. The van der Waals surface area contributed by atoms with Gasteiger partial charge in [-0.25, -0.2) is 0 Å². The number of rotatable bonds is 3. The number of nitrogens with zero attached hydrogens (tertiary/aromatic N) is 1. The van der Waals surface area contributed by atoms with Crippen molar-refractivity contribution >= 4 is 16.9 Å². The summed E-state index contributed by atoms with van der Waals surface area (Å²) in [5.41, 5.74) is 0.982. The largest absolute Gasteiger partial charge is 0.464 e. The number of carbonyl (C=O) groups is 1. The molecule has 90 valence electrons. The Bertz CT molecular complexity index is 647. The molecule has 0 bridgehead atoms. The number of furan rings is 1. The van der Waals surface area contributed by atoms with Gasteiger partial charge in [-0.15, -0.1) is 0 Å². The highest BCUT2D eigenvalue weighted by Gasteiger charge is 2.50. The van der Waals surface area contributed by atoms with Gasteiger partial charge in [0.05, 0.1) is 12.3 Å². The van der Waals surface area contributed by atoms with Gasteiger partial charge in [0.15, 0.2) is 0 Å². The van der Waals surface area contributed by atoms with Crippen LogP contribution in [0.3, 0.4) is 0 Å². The van der Waals surface area contributed by atoms with Crippen molar-refractivity contribution in [2.75, 3.05) is 0 Å². The van der Waals surface area contributed by atoms with E-state index in [-0.39, 0.29) is 5.91 Å². The van der Waals surface area contributed by atoms with E-state index >= 15 is 0 Å². The van der Waals surface area contributed by atoms with Crippen LogP contribution in [0.5, 0.6) is 0 Å². The third-order valence-corrected chi connectivity index (χ3v) is 3.40. The number of benzene rings is 1. The van der Waals surface area contributed by atoms with E-state index in [9.17, 15) is 4.79 Å². The van der Waals surface area contributed by atoms with E-state index in [0.29, 0.717) is 19.4 Å². The third kappa shape index (κ3) is 1.65. The van der Waals surface area contributed by atoms with Crippen LogP contribution in [0.1, 0.15) is 18.4 Å². The molecule has 0 spiro atoms. The topological polar surface area (TPSA) is 66.0 Å². The Kier molecular flexibility index (Phi) is 2.34. The second kappa shape index (κ2) is 3.88. The molecule has 1 saturated carbocycles.